The molecule has 1 atom stereocenters. The zero-order chi connectivity index (χ0) is 28.1. The standard InChI is InChI=1S/C26H34Cl3N3O4S/c1-17-12-13-19(27)15-23(17)32(37(6,35)36)14-8-11-24(33)31(18(2)25(34)30-26(3,4)5)16-20-21(28)9-7-10-22(20)29/h7,9-10,12-13,15,18H,8,11,14,16H2,1-6H3,(H,30,34). The molecule has 1 unspecified atom stereocenters. The van der Waals surface area contributed by atoms with E-state index in [9.17, 15) is 18.0 Å². The van der Waals surface area contributed by atoms with Gasteiger partial charge in [-0.3, -0.25) is 13.9 Å². The van der Waals surface area contributed by atoms with Gasteiger partial charge in [0.2, 0.25) is 21.8 Å². The molecular formula is C26H34Cl3N3O4S. The van der Waals surface area contributed by atoms with Crippen LogP contribution >= 0.6 is 34.8 Å². The van der Waals surface area contributed by atoms with Gasteiger partial charge in [-0.2, -0.15) is 0 Å². The summed E-state index contributed by atoms with van der Waals surface area (Å²) in [5, 5.41) is 4.07. The summed E-state index contributed by atoms with van der Waals surface area (Å²) in [7, 11) is -3.63. The molecule has 2 rings (SSSR count). The summed E-state index contributed by atoms with van der Waals surface area (Å²) in [5.74, 6) is -0.653. The number of benzene rings is 2. The van der Waals surface area contributed by atoms with Gasteiger partial charge in [-0.15, -0.1) is 0 Å². The predicted molar refractivity (Wildman–Crippen MR) is 152 cm³/mol. The van der Waals surface area contributed by atoms with Crippen LogP contribution in [0, 0.1) is 6.92 Å². The van der Waals surface area contributed by atoms with Crippen LogP contribution in [0.15, 0.2) is 36.4 Å². The number of halogens is 3. The molecule has 0 fully saturated rings. The van der Waals surface area contributed by atoms with E-state index in [1.54, 1.807) is 50.2 Å². The molecule has 0 saturated heterocycles. The third-order valence-electron chi connectivity index (χ3n) is 5.65. The number of nitrogens with one attached hydrogen (secondary N) is 1. The maximum Gasteiger partial charge on any atom is 0.242 e. The first-order chi connectivity index (χ1) is 17.0. The lowest BCUT2D eigenvalue weighted by atomic mass is 10.1. The number of sulfonamides is 1. The Morgan fingerprint density at radius 2 is 1.65 bits per heavy atom. The first kappa shape index (κ1) is 31.2. The van der Waals surface area contributed by atoms with Crippen LogP contribution in [0.25, 0.3) is 0 Å². The van der Waals surface area contributed by atoms with Crippen LogP contribution in [-0.4, -0.2) is 49.5 Å². The summed E-state index contributed by atoms with van der Waals surface area (Å²) in [6.45, 7) is 9.08. The molecule has 0 aliphatic heterocycles. The SMILES string of the molecule is Cc1ccc(Cl)cc1N(CCCC(=O)N(Cc1c(Cl)cccc1Cl)C(C)C(=O)NC(C)(C)C)S(C)(=O)=O. The van der Waals surface area contributed by atoms with Gasteiger partial charge in [0, 0.05) is 45.7 Å². The molecule has 0 aromatic heterocycles. The van der Waals surface area contributed by atoms with Crippen molar-refractivity contribution in [3.05, 3.63) is 62.6 Å². The van der Waals surface area contributed by atoms with Gasteiger partial charge >= 0.3 is 0 Å². The van der Waals surface area contributed by atoms with Gasteiger partial charge in [0.15, 0.2) is 0 Å². The van der Waals surface area contributed by atoms with Crippen molar-refractivity contribution < 1.29 is 18.0 Å². The van der Waals surface area contributed by atoms with Crippen molar-refractivity contribution in [1.82, 2.24) is 10.2 Å². The molecule has 0 aliphatic carbocycles. The maximum absolute atomic E-state index is 13.4. The van der Waals surface area contributed by atoms with Crippen LogP contribution in [0.5, 0.6) is 0 Å². The van der Waals surface area contributed by atoms with Gasteiger partial charge < -0.3 is 10.2 Å². The van der Waals surface area contributed by atoms with E-state index in [0.717, 1.165) is 11.8 Å². The predicted octanol–water partition coefficient (Wildman–Crippen LogP) is 5.83. The highest BCUT2D eigenvalue weighted by atomic mass is 35.5. The van der Waals surface area contributed by atoms with E-state index < -0.39 is 21.6 Å². The van der Waals surface area contributed by atoms with Crippen LogP contribution in [-0.2, 0) is 26.2 Å². The Labute approximate surface area is 235 Å². The Morgan fingerprint density at radius 1 is 1.05 bits per heavy atom. The fourth-order valence-corrected chi connectivity index (χ4v) is 5.44. The van der Waals surface area contributed by atoms with E-state index in [4.69, 9.17) is 34.8 Å². The summed E-state index contributed by atoms with van der Waals surface area (Å²) in [5.41, 5.74) is 1.23. The Hall–Kier alpha value is -2.00. The third-order valence-corrected chi connectivity index (χ3v) is 7.77. The van der Waals surface area contributed by atoms with E-state index in [2.05, 4.69) is 5.32 Å². The van der Waals surface area contributed by atoms with Gasteiger partial charge in [0.1, 0.15) is 6.04 Å². The van der Waals surface area contributed by atoms with Gasteiger partial charge in [-0.25, -0.2) is 8.42 Å². The van der Waals surface area contributed by atoms with Crippen LogP contribution in [0.3, 0.4) is 0 Å². The quantitative estimate of drug-likeness (QED) is 0.377. The molecule has 0 heterocycles. The molecule has 0 saturated carbocycles. The first-order valence-electron chi connectivity index (χ1n) is 11.8. The second-order valence-electron chi connectivity index (χ2n) is 10.0. The van der Waals surface area contributed by atoms with Crippen molar-refractivity contribution >= 4 is 62.3 Å². The van der Waals surface area contributed by atoms with Crippen LogP contribution in [0.1, 0.15) is 51.7 Å². The van der Waals surface area contributed by atoms with Crippen molar-refractivity contribution in [2.24, 2.45) is 0 Å². The molecule has 0 spiro atoms. The van der Waals surface area contributed by atoms with E-state index in [1.807, 2.05) is 20.8 Å². The molecule has 1 N–H and O–H groups in total. The average molecular weight is 591 g/mol. The van der Waals surface area contributed by atoms with Gasteiger partial charge in [-0.05, 0) is 70.9 Å². The Kier molecular flexibility index (Phi) is 10.7. The number of hydrogen-bond donors (Lipinski definition) is 1. The molecular weight excluding hydrogens is 557 g/mol. The second-order valence-corrected chi connectivity index (χ2v) is 13.2. The number of amides is 2. The molecule has 7 nitrogen and oxygen atoms in total. The number of carbonyl (C=O) groups excluding carboxylic acids is 2. The molecule has 204 valence electrons. The van der Waals surface area contributed by atoms with Crippen LogP contribution in [0.2, 0.25) is 15.1 Å². The number of aryl methyl sites for hydroxylation is 1. The topological polar surface area (TPSA) is 86.8 Å². The van der Waals surface area contributed by atoms with E-state index >= 15 is 0 Å². The van der Waals surface area contributed by atoms with Crippen molar-refractivity contribution in [2.75, 3.05) is 17.1 Å². The molecule has 11 heteroatoms. The molecule has 2 aromatic rings. The molecule has 0 bridgehead atoms. The molecule has 2 amide bonds. The fourth-order valence-electron chi connectivity index (χ4n) is 3.74. The fraction of sp³-hybridized carbons (Fsp3) is 0.462. The molecule has 37 heavy (non-hydrogen) atoms. The number of hydrogen-bond acceptors (Lipinski definition) is 4. The highest BCUT2D eigenvalue weighted by Gasteiger charge is 2.29. The zero-order valence-electron chi connectivity index (χ0n) is 21.9. The van der Waals surface area contributed by atoms with Gasteiger partial charge in [0.25, 0.3) is 0 Å². The molecule has 2 aromatic carbocycles. The number of rotatable bonds is 10. The minimum absolute atomic E-state index is 0.000836. The summed E-state index contributed by atoms with van der Waals surface area (Å²) in [4.78, 5) is 27.8. The smallest absolute Gasteiger partial charge is 0.242 e. The van der Waals surface area contributed by atoms with E-state index in [0.29, 0.717) is 26.3 Å². The lowest BCUT2D eigenvalue weighted by molar-refractivity contribution is -0.141. The Balaban J connectivity index is 2.28. The number of carbonyl (C=O) groups is 2. The molecule has 0 radical (unpaired) electrons. The summed E-state index contributed by atoms with van der Waals surface area (Å²) in [6.07, 6.45) is 1.33. The van der Waals surface area contributed by atoms with Gasteiger partial charge in [0.05, 0.1) is 11.9 Å². The highest BCUT2D eigenvalue weighted by molar-refractivity contribution is 7.92. The van der Waals surface area contributed by atoms with Crippen molar-refractivity contribution in [3.63, 3.8) is 0 Å². The largest absolute Gasteiger partial charge is 0.350 e. The van der Waals surface area contributed by atoms with Crippen molar-refractivity contribution in [1.29, 1.82) is 0 Å². The first-order valence-corrected chi connectivity index (χ1v) is 14.8. The van der Waals surface area contributed by atoms with Crippen LogP contribution < -0.4 is 9.62 Å². The number of anilines is 1. The zero-order valence-corrected chi connectivity index (χ0v) is 25.0. The lowest BCUT2D eigenvalue weighted by Gasteiger charge is -2.32. The highest BCUT2D eigenvalue weighted by Crippen LogP contribution is 2.28. The normalized spacial score (nSPS) is 12.7. The minimum atomic E-state index is -3.63. The summed E-state index contributed by atoms with van der Waals surface area (Å²) < 4.78 is 26.4. The summed E-state index contributed by atoms with van der Waals surface area (Å²) >= 11 is 18.8. The lowest BCUT2D eigenvalue weighted by Crippen LogP contribution is -2.52. The monoisotopic (exact) mass is 589 g/mol. The van der Waals surface area contributed by atoms with E-state index in [-0.39, 0.29) is 37.7 Å². The van der Waals surface area contributed by atoms with Crippen molar-refractivity contribution in [2.45, 2.75) is 65.6 Å². The average Bonchev–Trinajstić information content (AvgIpc) is 2.76. The third kappa shape index (κ3) is 9.06. The molecule has 0 aliphatic rings. The van der Waals surface area contributed by atoms with Gasteiger partial charge in [-0.1, -0.05) is 46.9 Å². The Bertz CT molecular complexity index is 1230. The van der Waals surface area contributed by atoms with Crippen LogP contribution in [0.4, 0.5) is 5.69 Å². The number of nitrogens with zero attached hydrogens (tertiary/aromatic N) is 2. The van der Waals surface area contributed by atoms with E-state index in [1.165, 1.54) is 9.21 Å². The maximum atomic E-state index is 13.4. The summed E-state index contributed by atoms with van der Waals surface area (Å²) in [6, 6.07) is 9.24. The Morgan fingerprint density at radius 3 is 2.19 bits per heavy atom. The second kappa shape index (κ2) is 12.7. The minimum Gasteiger partial charge on any atom is -0.350 e. The van der Waals surface area contributed by atoms with Crippen molar-refractivity contribution in [3.8, 4) is 0 Å².